The molecule has 0 aromatic heterocycles. The molecule has 3 amide bonds. The highest BCUT2D eigenvalue weighted by Gasteiger charge is 2.40. The molecular weight excluding hydrogens is 374 g/mol. The fraction of sp³-hybridized carbons (Fsp3) is 0.810. The summed E-state index contributed by atoms with van der Waals surface area (Å²) in [5, 5.41) is 0. The molecule has 8 nitrogen and oxygen atoms in total. The van der Waals surface area contributed by atoms with Gasteiger partial charge in [0.15, 0.2) is 0 Å². The van der Waals surface area contributed by atoms with Gasteiger partial charge in [0.25, 0.3) is 0 Å². The van der Waals surface area contributed by atoms with Crippen LogP contribution in [0.15, 0.2) is 0 Å². The molecule has 0 bridgehead atoms. The monoisotopic (exact) mass is 409 g/mol. The smallest absolute Gasteiger partial charge is 0.310 e. The molecule has 0 radical (unpaired) electrons. The van der Waals surface area contributed by atoms with Gasteiger partial charge in [0, 0.05) is 32.1 Å². The number of hydrogen-bond donors (Lipinski definition) is 0. The summed E-state index contributed by atoms with van der Waals surface area (Å²) in [7, 11) is 1.60. The normalized spacial score (nSPS) is 22.4. The van der Waals surface area contributed by atoms with Crippen LogP contribution in [-0.2, 0) is 23.9 Å². The Balaban J connectivity index is 1.95. The molecule has 2 atom stereocenters. The van der Waals surface area contributed by atoms with Gasteiger partial charge in [0.2, 0.25) is 17.7 Å². The zero-order chi connectivity index (χ0) is 21.8. The fourth-order valence-electron chi connectivity index (χ4n) is 3.99. The van der Waals surface area contributed by atoms with Gasteiger partial charge in [0.1, 0.15) is 6.04 Å². The first-order chi connectivity index (χ1) is 13.6. The maximum absolute atomic E-state index is 13.0. The first-order valence-corrected chi connectivity index (χ1v) is 10.6. The molecule has 0 aromatic carbocycles. The fourth-order valence-corrected chi connectivity index (χ4v) is 3.99. The van der Waals surface area contributed by atoms with Crippen molar-refractivity contribution < 1.29 is 23.9 Å². The van der Waals surface area contributed by atoms with E-state index in [1.165, 1.54) is 4.90 Å². The molecule has 0 spiro atoms. The van der Waals surface area contributed by atoms with E-state index in [0.29, 0.717) is 39.1 Å². The summed E-state index contributed by atoms with van der Waals surface area (Å²) >= 11 is 0. The molecule has 0 N–H and O–H groups in total. The number of piperidine rings is 1. The topological polar surface area (TPSA) is 87.2 Å². The largest absolute Gasteiger partial charge is 0.466 e. The second-order valence-electron chi connectivity index (χ2n) is 9.03. The van der Waals surface area contributed by atoms with Crippen molar-refractivity contribution in [2.75, 3.05) is 39.8 Å². The highest BCUT2D eigenvalue weighted by molar-refractivity contribution is 5.92. The van der Waals surface area contributed by atoms with Crippen LogP contribution in [0.4, 0.5) is 0 Å². The van der Waals surface area contributed by atoms with Crippen molar-refractivity contribution >= 4 is 23.7 Å². The van der Waals surface area contributed by atoms with Crippen LogP contribution in [0.3, 0.4) is 0 Å². The zero-order valence-electron chi connectivity index (χ0n) is 18.4. The van der Waals surface area contributed by atoms with E-state index in [0.717, 1.165) is 12.8 Å². The summed E-state index contributed by atoms with van der Waals surface area (Å²) in [6.45, 7) is 9.06. The summed E-state index contributed by atoms with van der Waals surface area (Å²) in [6.07, 6.45) is 2.86. The summed E-state index contributed by atoms with van der Waals surface area (Å²) in [5.74, 6) is -0.990. The van der Waals surface area contributed by atoms with Crippen LogP contribution in [0, 0.1) is 11.3 Å². The predicted molar refractivity (Wildman–Crippen MR) is 108 cm³/mol. The van der Waals surface area contributed by atoms with Crippen LogP contribution in [0.5, 0.6) is 0 Å². The van der Waals surface area contributed by atoms with Gasteiger partial charge in [-0.1, -0.05) is 20.8 Å². The lowest BCUT2D eigenvalue weighted by Crippen LogP contribution is -2.52. The van der Waals surface area contributed by atoms with Crippen molar-refractivity contribution in [3.05, 3.63) is 0 Å². The number of carbonyl (C=O) groups is 4. The molecule has 2 heterocycles. The van der Waals surface area contributed by atoms with Gasteiger partial charge >= 0.3 is 5.97 Å². The molecule has 2 aliphatic heterocycles. The van der Waals surface area contributed by atoms with Crippen LogP contribution in [-0.4, -0.2) is 84.3 Å². The highest BCUT2D eigenvalue weighted by Crippen LogP contribution is 2.26. The third-order valence-electron chi connectivity index (χ3n) is 5.58. The Bertz CT molecular complexity index is 643. The molecule has 0 aliphatic carbocycles. The molecule has 0 aromatic rings. The molecule has 2 fully saturated rings. The molecule has 29 heavy (non-hydrogen) atoms. The van der Waals surface area contributed by atoms with Gasteiger partial charge < -0.3 is 19.4 Å². The lowest BCUT2D eigenvalue weighted by atomic mass is 9.94. The molecule has 2 aliphatic rings. The van der Waals surface area contributed by atoms with Crippen molar-refractivity contribution in [3.8, 4) is 0 Å². The van der Waals surface area contributed by atoms with Crippen LogP contribution in [0.1, 0.15) is 53.4 Å². The van der Waals surface area contributed by atoms with E-state index in [1.807, 2.05) is 20.8 Å². The Morgan fingerprint density at radius 1 is 1.07 bits per heavy atom. The lowest BCUT2D eigenvalue weighted by Gasteiger charge is -2.34. The maximum Gasteiger partial charge on any atom is 0.310 e. The number of amides is 3. The van der Waals surface area contributed by atoms with E-state index in [2.05, 4.69) is 0 Å². The average molecular weight is 410 g/mol. The standard InChI is InChI=1S/C21H35N3O5/c1-6-29-19(27)15-9-7-11-23(13-15)17(25)14-22(5)18(26)16-10-8-12-24(16)20(28)21(2,3)4/h15-16H,6-14H2,1-5H3. The third-order valence-corrected chi connectivity index (χ3v) is 5.58. The zero-order valence-corrected chi connectivity index (χ0v) is 18.4. The second kappa shape index (κ2) is 9.59. The highest BCUT2D eigenvalue weighted by atomic mass is 16.5. The predicted octanol–water partition coefficient (Wildman–Crippen LogP) is 1.28. The van der Waals surface area contributed by atoms with Gasteiger partial charge in [-0.25, -0.2) is 0 Å². The minimum Gasteiger partial charge on any atom is -0.466 e. The Morgan fingerprint density at radius 2 is 1.72 bits per heavy atom. The summed E-state index contributed by atoms with van der Waals surface area (Å²) < 4.78 is 5.08. The van der Waals surface area contributed by atoms with Gasteiger partial charge in [-0.3, -0.25) is 19.2 Å². The van der Waals surface area contributed by atoms with Crippen LogP contribution < -0.4 is 0 Å². The number of esters is 1. The lowest BCUT2D eigenvalue weighted by molar-refractivity contribution is -0.152. The van der Waals surface area contributed by atoms with Gasteiger partial charge in [-0.2, -0.15) is 0 Å². The van der Waals surface area contributed by atoms with Gasteiger partial charge in [-0.15, -0.1) is 0 Å². The minimum absolute atomic E-state index is 0.0404. The Labute approximate surface area is 173 Å². The van der Waals surface area contributed by atoms with Crippen LogP contribution >= 0.6 is 0 Å². The number of carbonyl (C=O) groups excluding carboxylic acids is 4. The molecule has 2 unspecified atom stereocenters. The van der Waals surface area contributed by atoms with Gasteiger partial charge in [0.05, 0.1) is 19.1 Å². The van der Waals surface area contributed by atoms with E-state index in [-0.39, 0.29) is 36.2 Å². The summed E-state index contributed by atoms with van der Waals surface area (Å²) in [6, 6.07) is -0.506. The van der Waals surface area contributed by atoms with E-state index in [9.17, 15) is 19.2 Å². The molecular formula is C21H35N3O5. The number of likely N-dealkylation sites (tertiary alicyclic amines) is 2. The maximum atomic E-state index is 13.0. The number of ether oxygens (including phenoxy) is 1. The molecule has 8 heteroatoms. The van der Waals surface area contributed by atoms with Crippen molar-refractivity contribution in [1.82, 2.24) is 14.7 Å². The van der Waals surface area contributed by atoms with Crippen molar-refractivity contribution in [3.63, 3.8) is 0 Å². The first kappa shape index (κ1) is 23.2. The van der Waals surface area contributed by atoms with E-state index >= 15 is 0 Å². The Hall–Kier alpha value is -2.12. The molecule has 2 saturated heterocycles. The van der Waals surface area contributed by atoms with Gasteiger partial charge in [-0.05, 0) is 32.6 Å². The molecule has 2 rings (SSSR count). The quantitative estimate of drug-likeness (QED) is 0.639. The third kappa shape index (κ3) is 5.70. The number of likely N-dealkylation sites (N-methyl/N-ethyl adjacent to an activating group) is 1. The summed E-state index contributed by atoms with van der Waals surface area (Å²) in [5.41, 5.74) is -0.548. The molecule has 0 saturated carbocycles. The summed E-state index contributed by atoms with van der Waals surface area (Å²) in [4.78, 5) is 55.0. The van der Waals surface area contributed by atoms with E-state index in [1.54, 1.807) is 23.8 Å². The Morgan fingerprint density at radius 3 is 2.34 bits per heavy atom. The second-order valence-corrected chi connectivity index (χ2v) is 9.03. The van der Waals surface area contributed by atoms with E-state index < -0.39 is 11.5 Å². The van der Waals surface area contributed by atoms with Crippen molar-refractivity contribution in [1.29, 1.82) is 0 Å². The number of nitrogens with zero attached hydrogens (tertiary/aromatic N) is 3. The first-order valence-electron chi connectivity index (χ1n) is 10.6. The number of rotatable bonds is 5. The molecule has 164 valence electrons. The minimum atomic E-state index is -0.548. The average Bonchev–Trinajstić information content (AvgIpc) is 3.15. The Kier molecular flexibility index (Phi) is 7.66. The van der Waals surface area contributed by atoms with Crippen molar-refractivity contribution in [2.45, 2.75) is 59.4 Å². The SMILES string of the molecule is CCOC(=O)C1CCCN(C(=O)CN(C)C(=O)C2CCCN2C(=O)C(C)(C)C)C1. The number of hydrogen-bond acceptors (Lipinski definition) is 5. The van der Waals surface area contributed by atoms with E-state index in [4.69, 9.17) is 4.74 Å². The van der Waals surface area contributed by atoms with Crippen LogP contribution in [0.2, 0.25) is 0 Å². The van der Waals surface area contributed by atoms with Crippen LogP contribution in [0.25, 0.3) is 0 Å². The van der Waals surface area contributed by atoms with Crippen molar-refractivity contribution in [2.24, 2.45) is 11.3 Å².